The standard InChI is InChI=1S/C20H23N5O3/c1-2-18(26)24-7-5-13(6-8-24)19-22-20(28-23-19)14-3-4-15-10-21-25(17(15)9-14)16-11-27-12-16/h3-4,9-10,13,16H,2,5-8,11-12H2,1H3. The fraction of sp³-hybridized carbons (Fsp3) is 0.500. The molecule has 146 valence electrons. The molecule has 1 aromatic carbocycles. The number of hydrogen-bond donors (Lipinski definition) is 0. The lowest BCUT2D eigenvalue weighted by molar-refractivity contribution is -0.131. The molecule has 5 rings (SSSR count). The Morgan fingerprint density at radius 1 is 1.25 bits per heavy atom. The number of aromatic nitrogens is 4. The van der Waals surface area contributed by atoms with Gasteiger partial charge in [0.15, 0.2) is 5.82 Å². The van der Waals surface area contributed by atoms with Crippen LogP contribution in [0.4, 0.5) is 0 Å². The van der Waals surface area contributed by atoms with Crippen LogP contribution in [0.15, 0.2) is 28.9 Å². The molecule has 8 nitrogen and oxygen atoms in total. The van der Waals surface area contributed by atoms with E-state index >= 15 is 0 Å². The van der Waals surface area contributed by atoms with Crippen molar-refractivity contribution in [2.24, 2.45) is 0 Å². The molecule has 2 aliphatic rings. The van der Waals surface area contributed by atoms with Gasteiger partial charge < -0.3 is 14.2 Å². The minimum atomic E-state index is 0.217. The number of rotatable bonds is 4. The van der Waals surface area contributed by atoms with Gasteiger partial charge >= 0.3 is 0 Å². The number of amides is 1. The summed E-state index contributed by atoms with van der Waals surface area (Å²) >= 11 is 0. The van der Waals surface area contributed by atoms with E-state index in [1.54, 1.807) is 0 Å². The van der Waals surface area contributed by atoms with E-state index in [2.05, 4.69) is 21.3 Å². The average Bonchev–Trinajstić information content (AvgIpc) is 3.34. The Balaban J connectivity index is 1.35. The minimum Gasteiger partial charge on any atom is -0.377 e. The van der Waals surface area contributed by atoms with Crippen LogP contribution in [0.25, 0.3) is 22.4 Å². The first-order valence-electron chi connectivity index (χ1n) is 9.89. The van der Waals surface area contributed by atoms with Gasteiger partial charge in [-0.1, -0.05) is 18.1 Å². The van der Waals surface area contributed by atoms with Crippen molar-refractivity contribution in [2.75, 3.05) is 26.3 Å². The second kappa shape index (κ2) is 7.01. The SMILES string of the molecule is CCC(=O)N1CCC(c2noc(-c3ccc4cnn(C5COC5)c4c3)n2)CC1. The monoisotopic (exact) mass is 381 g/mol. The van der Waals surface area contributed by atoms with Gasteiger partial charge in [-0.25, -0.2) is 0 Å². The van der Waals surface area contributed by atoms with E-state index in [1.165, 1.54) is 0 Å². The highest BCUT2D eigenvalue weighted by molar-refractivity contribution is 5.83. The third-order valence-electron chi connectivity index (χ3n) is 5.77. The zero-order valence-corrected chi connectivity index (χ0v) is 15.9. The van der Waals surface area contributed by atoms with Crippen LogP contribution in [-0.2, 0) is 9.53 Å². The fourth-order valence-corrected chi connectivity index (χ4v) is 3.95. The fourth-order valence-electron chi connectivity index (χ4n) is 3.95. The molecule has 0 radical (unpaired) electrons. The summed E-state index contributed by atoms with van der Waals surface area (Å²) in [5, 5.41) is 9.81. The third kappa shape index (κ3) is 2.97. The second-order valence-electron chi connectivity index (χ2n) is 7.52. The van der Waals surface area contributed by atoms with E-state index in [0.717, 1.165) is 48.2 Å². The smallest absolute Gasteiger partial charge is 0.258 e. The maximum absolute atomic E-state index is 11.8. The normalized spacial score (nSPS) is 18.5. The molecule has 8 heteroatoms. The summed E-state index contributed by atoms with van der Waals surface area (Å²) < 4.78 is 12.9. The molecule has 0 atom stereocenters. The van der Waals surface area contributed by atoms with Gasteiger partial charge in [0, 0.05) is 36.4 Å². The summed E-state index contributed by atoms with van der Waals surface area (Å²) in [4.78, 5) is 18.4. The predicted octanol–water partition coefficient (Wildman–Crippen LogP) is 2.77. The molecule has 2 saturated heterocycles. The van der Waals surface area contributed by atoms with Crippen molar-refractivity contribution in [2.45, 2.75) is 38.1 Å². The quantitative estimate of drug-likeness (QED) is 0.691. The molecule has 0 N–H and O–H groups in total. The number of piperidine rings is 1. The average molecular weight is 381 g/mol. The number of fused-ring (bicyclic) bond motifs is 1. The summed E-state index contributed by atoms with van der Waals surface area (Å²) in [7, 11) is 0. The number of benzene rings is 1. The summed E-state index contributed by atoms with van der Waals surface area (Å²) in [6, 6.07) is 6.38. The first-order valence-corrected chi connectivity index (χ1v) is 9.89. The lowest BCUT2D eigenvalue weighted by atomic mass is 9.96. The Kier molecular flexibility index (Phi) is 4.35. The number of carbonyl (C=O) groups excluding carboxylic acids is 1. The van der Waals surface area contributed by atoms with E-state index < -0.39 is 0 Å². The van der Waals surface area contributed by atoms with Gasteiger partial charge in [0.2, 0.25) is 5.91 Å². The molecule has 0 bridgehead atoms. The molecule has 0 aliphatic carbocycles. The van der Waals surface area contributed by atoms with E-state index in [4.69, 9.17) is 9.26 Å². The number of ether oxygens (including phenoxy) is 1. The van der Waals surface area contributed by atoms with Crippen LogP contribution >= 0.6 is 0 Å². The van der Waals surface area contributed by atoms with Crippen LogP contribution in [0.1, 0.15) is 44.0 Å². The topological polar surface area (TPSA) is 86.3 Å². The second-order valence-corrected chi connectivity index (χ2v) is 7.52. The van der Waals surface area contributed by atoms with Crippen molar-refractivity contribution in [3.63, 3.8) is 0 Å². The van der Waals surface area contributed by atoms with Crippen molar-refractivity contribution in [1.82, 2.24) is 24.8 Å². The highest BCUT2D eigenvalue weighted by atomic mass is 16.5. The van der Waals surface area contributed by atoms with Crippen LogP contribution in [0.3, 0.4) is 0 Å². The number of likely N-dealkylation sites (tertiary alicyclic amines) is 1. The van der Waals surface area contributed by atoms with Crippen LogP contribution in [-0.4, -0.2) is 57.0 Å². The van der Waals surface area contributed by atoms with Crippen LogP contribution in [0, 0.1) is 0 Å². The van der Waals surface area contributed by atoms with Crippen molar-refractivity contribution in [3.8, 4) is 11.5 Å². The summed E-state index contributed by atoms with van der Waals surface area (Å²) in [6.45, 7) is 4.82. The molecule has 4 heterocycles. The summed E-state index contributed by atoms with van der Waals surface area (Å²) in [5.74, 6) is 1.72. The zero-order valence-electron chi connectivity index (χ0n) is 15.9. The molecule has 0 spiro atoms. The van der Waals surface area contributed by atoms with E-state index in [9.17, 15) is 4.79 Å². The van der Waals surface area contributed by atoms with E-state index in [0.29, 0.717) is 31.6 Å². The summed E-state index contributed by atoms with van der Waals surface area (Å²) in [5.41, 5.74) is 1.95. The van der Waals surface area contributed by atoms with Gasteiger partial charge in [0.1, 0.15) is 0 Å². The molecule has 2 aromatic heterocycles. The third-order valence-corrected chi connectivity index (χ3v) is 5.77. The largest absolute Gasteiger partial charge is 0.377 e. The molecular weight excluding hydrogens is 358 g/mol. The van der Waals surface area contributed by atoms with Gasteiger partial charge in [-0.05, 0) is 25.0 Å². The van der Waals surface area contributed by atoms with E-state index in [1.807, 2.05) is 34.8 Å². The Morgan fingerprint density at radius 2 is 2.07 bits per heavy atom. The molecular formula is C20H23N5O3. The number of hydrogen-bond acceptors (Lipinski definition) is 6. The van der Waals surface area contributed by atoms with Crippen molar-refractivity contribution < 1.29 is 14.1 Å². The van der Waals surface area contributed by atoms with Gasteiger partial charge in [-0.15, -0.1) is 0 Å². The Morgan fingerprint density at radius 3 is 2.79 bits per heavy atom. The first kappa shape index (κ1) is 17.4. The maximum atomic E-state index is 11.8. The van der Waals surface area contributed by atoms with Crippen LogP contribution in [0.2, 0.25) is 0 Å². The van der Waals surface area contributed by atoms with Crippen molar-refractivity contribution in [3.05, 3.63) is 30.2 Å². The number of carbonyl (C=O) groups is 1. The van der Waals surface area contributed by atoms with E-state index in [-0.39, 0.29) is 11.8 Å². The molecule has 28 heavy (non-hydrogen) atoms. The van der Waals surface area contributed by atoms with Crippen LogP contribution in [0.5, 0.6) is 0 Å². The minimum absolute atomic E-state index is 0.217. The maximum Gasteiger partial charge on any atom is 0.258 e. The lowest BCUT2D eigenvalue weighted by Crippen LogP contribution is -2.37. The van der Waals surface area contributed by atoms with Gasteiger partial charge in [-0.3, -0.25) is 9.48 Å². The highest BCUT2D eigenvalue weighted by Crippen LogP contribution is 2.30. The Hall–Kier alpha value is -2.74. The lowest BCUT2D eigenvalue weighted by Gasteiger charge is -2.30. The van der Waals surface area contributed by atoms with Crippen molar-refractivity contribution >= 4 is 16.8 Å². The van der Waals surface area contributed by atoms with Gasteiger partial charge in [0.25, 0.3) is 5.89 Å². The number of nitrogens with zero attached hydrogens (tertiary/aromatic N) is 5. The molecule has 3 aromatic rings. The molecule has 1 amide bonds. The molecule has 0 unspecified atom stereocenters. The van der Waals surface area contributed by atoms with Crippen LogP contribution < -0.4 is 0 Å². The molecule has 2 fully saturated rings. The zero-order chi connectivity index (χ0) is 19.1. The Bertz CT molecular complexity index is 998. The molecule has 2 aliphatic heterocycles. The van der Waals surface area contributed by atoms with Gasteiger partial charge in [-0.2, -0.15) is 10.1 Å². The Labute approximate surface area is 162 Å². The van der Waals surface area contributed by atoms with Gasteiger partial charge in [0.05, 0.1) is 31.0 Å². The highest BCUT2D eigenvalue weighted by Gasteiger charge is 2.27. The summed E-state index contributed by atoms with van der Waals surface area (Å²) in [6.07, 6.45) is 4.18. The first-order chi connectivity index (χ1) is 13.7. The van der Waals surface area contributed by atoms with Crippen molar-refractivity contribution in [1.29, 1.82) is 0 Å². The predicted molar refractivity (Wildman–Crippen MR) is 102 cm³/mol. The molecule has 0 saturated carbocycles.